The predicted octanol–water partition coefficient (Wildman–Crippen LogP) is 4.92. The van der Waals surface area contributed by atoms with Gasteiger partial charge in [0.1, 0.15) is 5.60 Å². The molecule has 2 aromatic heterocycles. The van der Waals surface area contributed by atoms with Gasteiger partial charge in [0.25, 0.3) is 5.91 Å². The third-order valence-electron chi connectivity index (χ3n) is 8.23. The average Bonchev–Trinajstić information content (AvgIpc) is 3.86. The molecule has 2 atom stereocenters. The molecule has 2 amide bonds. The molecule has 0 spiro atoms. The van der Waals surface area contributed by atoms with Gasteiger partial charge in [-0.1, -0.05) is 13.8 Å². The molecule has 2 saturated heterocycles. The molecule has 4 fully saturated rings. The average molecular weight is 581 g/mol. The molecule has 228 valence electrons. The van der Waals surface area contributed by atoms with Crippen molar-refractivity contribution in [3.05, 3.63) is 35.3 Å². The van der Waals surface area contributed by atoms with Crippen LogP contribution in [0.2, 0.25) is 0 Å². The SMILES string of the molecule is CC(C)CN(C(=O)c1ncc(C2CC2)cc1NC1COC1)[C@H]1C[C@@H](c2nnc(C3CC3)o2)CN(C(=O)OC(C)(C)C)C1. The third-order valence-corrected chi connectivity index (χ3v) is 8.23. The van der Waals surface area contributed by atoms with Gasteiger partial charge in [-0.15, -0.1) is 10.2 Å². The zero-order valence-electron chi connectivity index (χ0n) is 25.5. The predicted molar refractivity (Wildman–Crippen MR) is 156 cm³/mol. The number of piperidine rings is 1. The van der Waals surface area contributed by atoms with E-state index in [1.54, 1.807) is 4.90 Å². The van der Waals surface area contributed by atoms with Gasteiger partial charge < -0.3 is 29.0 Å². The summed E-state index contributed by atoms with van der Waals surface area (Å²) >= 11 is 0. The van der Waals surface area contributed by atoms with E-state index >= 15 is 0 Å². The van der Waals surface area contributed by atoms with E-state index in [-0.39, 0.29) is 29.8 Å². The summed E-state index contributed by atoms with van der Waals surface area (Å²) in [6, 6.07) is 1.97. The largest absolute Gasteiger partial charge is 0.444 e. The number of hydrogen-bond donors (Lipinski definition) is 1. The Kier molecular flexibility index (Phi) is 7.89. The van der Waals surface area contributed by atoms with E-state index in [0.29, 0.717) is 68.6 Å². The molecular weight excluding hydrogens is 536 g/mol. The number of rotatable bonds is 9. The summed E-state index contributed by atoms with van der Waals surface area (Å²) in [7, 11) is 0. The van der Waals surface area contributed by atoms with Crippen molar-refractivity contribution in [3.63, 3.8) is 0 Å². The first-order chi connectivity index (χ1) is 20.0. The monoisotopic (exact) mass is 580 g/mol. The van der Waals surface area contributed by atoms with Crippen LogP contribution in [0.25, 0.3) is 0 Å². The lowest BCUT2D eigenvalue weighted by Crippen LogP contribution is -2.55. The normalized spacial score (nSPS) is 23.0. The molecular formula is C31H44N6O5. The zero-order chi connectivity index (χ0) is 29.6. The maximum atomic E-state index is 14.4. The molecule has 2 aliphatic carbocycles. The fourth-order valence-corrected chi connectivity index (χ4v) is 5.73. The lowest BCUT2D eigenvalue weighted by molar-refractivity contribution is 0.00502. The molecule has 2 aliphatic heterocycles. The van der Waals surface area contributed by atoms with Crippen molar-refractivity contribution in [2.24, 2.45) is 5.92 Å². The topological polar surface area (TPSA) is 123 Å². The van der Waals surface area contributed by atoms with Crippen molar-refractivity contribution in [2.75, 3.05) is 38.2 Å². The number of likely N-dealkylation sites (tertiary alicyclic amines) is 1. The van der Waals surface area contributed by atoms with Gasteiger partial charge in [-0.3, -0.25) is 4.79 Å². The van der Waals surface area contributed by atoms with Crippen LogP contribution in [0.3, 0.4) is 0 Å². The van der Waals surface area contributed by atoms with E-state index < -0.39 is 11.7 Å². The van der Waals surface area contributed by atoms with E-state index in [4.69, 9.17) is 18.9 Å². The highest BCUT2D eigenvalue weighted by atomic mass is 16.6. The van der Waals surface area contributed by atoms with Crippen LogP contribution in [0, 0.1) is 5.92 Å². The van der Waals surface area contributed by atoms with Crippen LogP contribution in [0.4, 0.5) is 10.5 Å². The maximum absolute atomic E-state index is 14.4. The summed E-state index contributed by atoms with van der Waals surface area (Å²) in [5.74, 6) is 1.89. The van der Waals surface area contributed by atoms with Gasteiger partial charge in [0.15, 0.2) is 5.69 Å². The van der Waals surface area contributed by atoms with Gasteiger partial charge in [-0.2, -0.15) is 0 Å². The lowest BCUT2D eigenvalue weighted by Gasteiger charge is -2.42. The second kappa shape index (κ2) is 11.5. The molecule has 0 radical (unpaired) electrons. The highest BCUT2D eigenvalue weighted by Gasteiger charge is 2.41. The second-order valence-electron chi connectivity index (χ2n) is 13.9. The first-order valence-electron chi connectivity index (χ1n) is 15.5. The molecule has 42 heavy (non-hydrogen) atoms. The maximum Gasteiger partial charge on any atom is 0.410 e. The lowest BCUT2D eigenvalue weighted by atomic mass is 9.92. The minimum Gasteiger partial charge on any atom is -0.444 e. The number of carbonyl (C=O) groups is 2. The quantitative estimate of drug-likeness (QED) is 0.440. The summed E-state index contributed by atoms with van der Waals surface area (Å²) in [6.45, 7) is 12.3. The summed E-state index contributed by atoms with van der Waals surface area (Å²) in [5, 5.41) is 12.2. The Bertz CT molecular complexity index is 1290. The molecule has 6 rings (SSSR count). The fraction of sp³-hybridized carbons (Fsp3) is 0.710. The number of nitrogens with zero attached hydrogens (tertiary/aromatic N) is 5. The molecule has 2 saturated carbocycles. The third kappa shape index (κ3) is 6.71. The first-order valence-corrected chi connectivity index (χ1v) is 15.5. The van der Waals surface area contributed by atoms with E-state index in [1.807, 2.05) is 31.9 Å². The Morgan fingerprint density at radius 1 is 1.07 bits per heavy atom. The Morgan fingerprint density at radius 2 is 1.76 bits per heavy atom. The number of hydrogen-bond acceptors (Lipinski definition) is 9. The molecule has 11 nitrogen and oxygen atoms in total. The van der Waals surface area contributed by atoms with Crippen LogP contribution >= 0.6 is 0 Å². The van der Waals surface area contributed by atoms with Crippen molar-refractivity contribution in [2.45, 2.75) is 102 Å². The summed E-state index contributed by atoms with van der Waals surface area (Å²) in [6.07, 6.45) is 6.48. The van der Waals surface area contributed by atoms with Crippen molar-refractivity contribution in [3.8, 4) is 0 Å². The molecule has 4 heterocycles. The van der Waals surface area contributed by atoms with Crippen molar-refractivity contribution < 1.29 is 23.5 Å². The van der Waals surface area contributed by atoms with E-state index in [0.717, 1.165) is 31.4 Å². The van der Waals surface area contributed by atoms with Crippen LogP contribution < -0.4 is 5.32 Å². The van der Waals surface area contributed by atoms with Crippen LogP contribution in [0.5, 0.6) is 0 Å². The number of nitrogens with one attached hydrogen (secondary N) is 1. The molecule has 0 aromatic carbocycles. The van der Waals surface area contributed by atoms with Crippen LogP contribution in [-0.2, 0) is 9.47 Å². The van der Waals surface area contributed by atoms with Gasteiger partial charge in [0.05, 0.1) is 36.9 Å². The van der Waals surface area contributed by atoms with Gasteiger partial charge in [-0.25, -0.2) is 9.78 Å². The molecule has 0 unspecified atom stereocenters. The Balaban J connectivity index is 1.31. The summed E-state index contributed by atoms with van der Waals surface area (Å²) < 4.78 is 17.3. The van der Waals surface area contributed by atoms with Crippen LogP contribution in [-0.4, -0.2) is 87.5 Å². The van der Waals surface area contributed by atoms with E-state index in [9.17, 15) is 9.59 Å². The minimum atomic E-state index is -0.643. The fourth-order valence-electron chi connectivity index (χ4n) is 5.73. The van der Waals surface area contributed by atoms with Crippen LogP contribution in [0.15, 0.2) is 16.7 Å². The molecule has 4 aliphatic rings. The Labute approximate surface area is 247 Å². The van der Waals surface area contributed by atoms with E-state index in [1.165, 1.54) is 5.56 Å². The number of pyridine rings is 1. The zero-order valence-corrected chi connectivity index (χ0v) is 25.5. The standard InChI is InChI=1S/C31H44N6O5/c1-18(2)13-37(29(38)26-25(33-23-16-40-17-23)11-21(12-32-26)19-6-7-19)24-10-22(28-35-34-27(41-28)20-8-9-20)14-36(15-24)30(39)42-31(3,4)5/h11-12,18-20,22-24,33H,6-10,13-17H2,1-5H3/t22-,24+/m1/s1. The number of carbonyl (C=O) groups excluding carboxylic acids is 2. The smallest absolute Gasteiger partial charge is 0.410 e. The van der Waals surface area contributed by atoms with Gasteiger partial charge >= 0.3 is 6.09 Å². The molecule has 2 aromatic rings. The number of aromatic nitrogens is 3. The van der Waals surface area contributed by atoms with Crippen molar-refractivity contribution >= 4 is 17.7 Å². The summed E-state index contributed by atoms with van der Waals surface area (Å²) in [5.41, 5.74) is 1.69. The van der Waals surface area contributed by atoms with Crippen LogP contribution in [0.1, 0.15) is 112 Å². The second-order valence-corrected chi connectivity index (χ2v) is 13.9. The number of amides is 2. The van der Waals surface area contributed by atoms with Gasteiger partial charge in [0.2, 0.25) is 11.8 Å². The summed E-state index contributed by atoms with van der Waals surface area (Å²) in [4.78, 5) is 36.1. The van der Waals surface area contributed by atoms with E-state index in [2.05, 4.69) is 35.4 Å². The molecule has 1 N–H and O–H groups in total. The first kappa shape index (κ1) is 28.9. The highest BCUT2D eigenvalue weighted by molar-refractivity contribution is 5.98. The Morgan fingerprint density at radius 3 is 2.36 bits per heavy atom. The molecule has 11 heteroatoms. The van der Waals surface area contributed by atoms with Crippen molar-refractivity contribution in [1.82, 2.24) is 25.0 Å². The number of ether oxygens (including phenoxy) is 2. The van der Waals surface area contributed by atoms with Gasteiger partial charge in [-0.05, 0) is 76.3 Å². The number of anilines is 1. The molecule has 0 bridgehead atoms. The highest BCUT2D eigenvalue weighted by Crippen LogP contribution is 2.42. The van der Waals surface area contributed by atoms with Crippen molar-refractivity contribution in [1.29, 1.82) is 0 Å². The Hall–Kier alpha value is -3.21. The van der Waals surface area contributed by atoms with Gasteiger partial charge in [0, 0.05) is 31.7 Å². The minimum absolute atomic E-state index is 0.146.